The first-order valence-corrected chi connectivity index (χ1v) is 5.65. The molecule has 4 heteroatoms. The van der Waals surface area contributed by atoms with Crippen LogP contribution in [0.1, 0.15) is 25.5 Å². The molecule has 0 fully saturated rings. The number of imidazole rings is 1. The summed E-state index contributed by atoms with van der Waals surface area (Å²) in [5.74, 6) is 0.960. The van der Waals surface area contributed by atoms with E-state index in [1.54, 1.807) is 10.8 Å². The Kier molecular flexibility index (Phi) is 2.21. The van der Waals surface area contributed by atoms with E-state index in [-0.39, 0.29) is 0 Å². The van der Waals surface area contributed by atoms with Crippen LogP contribution in [0, 0.1) is 0 Å². The summed E-state index contributed by atoms with van der Waals surface area (Å²) < 4.78 is 7.47. The van der Waals surface area contributed by atoms with Crippen molar-refractivity contribution in [3.8, 4) is 11.5 Å². The summed E-state index contributed by atoms with van der Waals surface area (Å²) in [6.45, 7) is 4.18. The summed E-state index contributed by atoms with van der Waals surface area (Å²) >= 11 is 0. The zero-order chi connectivity index (χ0) is 11.8. The average molecular weight is 227 g/mol. The van der Waals surface area contributed by atoms with E-state index in [0.717, 1.165) is 17.0 Å². The van der Waals surface area contributed by atoms with Crippen LogP contribution in [0.25, 0.3) is 17.2 Å². The maximum atomic E-state index is 5.78. The smallest absolute Gasteiger partial charge is 0.246 e. The van der Waals surface area contributed by atoms with Crippen molar-refractivity contribution in [2.24, 2.45) is 0 Å². The van der Waals surface area contributed by atoms with Gasteiger partial charge in [0.05, 0.1) is 0 Å². The summed E-state index contributed by atoms with van der Waals surface area (Å²) in [6.07, 6.45) is 1.70. The highest BCUT2D eigenvalue weighted by molar-refractivity contribution is 5.55. The lowest BCUT2D eigenvalue weighted by Gasteiger charge is -1.96. The molecular weight excluding hydrogens is 214 g/mol. The van der Waals surface area contributed by atoms with Crippen LogP contribution < -0.4 is 0 Å². The Balaban J connectivity index is 2.15. The van der Waals surface area contributed by atoms with Gasteiger partial charge in [-0.3, -0.25) is 0 Å². The van der Waals surface area contributed by atoms with Gasteiger partial charge >= 0.3 is 0 Å². The number of fused-ring (bicyclic) bond motifs is 1. The van der Waals surface area contributed by atoms with E-state index >= 15 is 0 Å². The van der Waals surface area contributed by atoms with Gasteiger partial charge in [0.15, 0.2) is 0 Å². The van der Waals surface area contributed by atoms with Crippen molar-refractivity contribution in [1.82, 2.24) is 14.6 Å². The number of hydrogen-bond donors (Lipinski definition) is 0. The minimum Gasteiger partial charge on any atom is -0.416 e. The van der Waals surface area contributed by atoms with E-state index in [1.165, 1.54) is 0 Å². The first-order chi connectivity index (χ1) is 8.25. The van der Waals surface area contributed by atoms with E-state index in [4.69, 9.17) is 4.42 Å². The molecular formula is C13H13N3O. The molecule has 3 aromatic rings. The molecule has 0 bridgehead atoms. The van der Waals surface area contributed by atoms with Crippen molar-refractivity contribution < 1.29 is 4.42 Å². The summed E-state index contributed by atoms with van der Waals surface area (Å²) in [4.78, 5) is 4.30. The molecule has 0 aliphatic carbocycles. The molecule has 0 spiro atoms. The Labute approximate surface area is 98.9 Å². The van der Waals surface area contributed by atoms with Crippen molar-refractivity contribution in [2.45, 2.75) is 19.8 Å². The highest BCUT2D eigenvalue weighted by Gasteiger charge is 2.15. The lowest BCUT2D eigenvalue weighted by atomic mass is 10.1. The third-order valence-electron chi connectivity index (χ3n) is 2.69. The monoisotopic (exact) mass is 227 g/mol. The van der Waals surface area contributed by atoms with Crippen LogP contribution in [0.3, 0.4) is 0 Å². The lowest BCUT2D eigenvalue weighted by Crippen LogP contribution is -1.86. The topological polar surface area (TPSA) is 43.3 Å². The zero-order valence-electron chi connectivity index (χ0n) is 9.79. The van der Waals surface area contributed by atoms with Crippen molar-refractivity contribution in [1.29, 1.82) is 0 Å². The molecule has 0 aliphatic heterocycles. The molecule has 1 aromatic carbocycles. The van der Waals surface area contributed by atoms with Gasteiger partial charge in [-0.2, -0.15) is 4.52 Å². The molecule has 0 radical (unpaired) electrons. The van der Waals surface area contributed by atoms with Crippen molar-refractivity contribution in [3.05, 3.63) is 42.4 Å². The first kappa shape index (κ1) is 10.1. The normalized spacial score (nSPS) is 11.5. The van der Waals surface area contributed by atoms with Gasteiger partial charge in [0.1, 0.15) is 12.0 Å². The van der Waals surface area contributed by atoms with Crippen molar-refractivity contribution >= 4 is 5.71 Å². The van der Waals surface area contributed by atoms with Crippen LogP contribution in [0.4, 0.5) is 0 Å². The molecule has 2 aromatic heterocycles. The largest absolute Gasteiger partial charge is 0.416 e. The van der Waals surface area contributed by atoms with Crippen LogP contribution in [0.5, 0.6) is 0 Å². The highest BCUT2D eigenvalue weighted by atomic mass is 16.4. The summed E-state index contributed by atoms with van der Waals surface area (Å²) in [5, 5.41) is 4.37. The maximum Gasteiger partial charge on any atom is 0.246 e. The Hall–Kier alpha value is -2.10. The van der Waals surface area contributed by atoms with Crippen LogP contribution in [-0.2, 0) is 0 Å². The third-order valence-corrected chi connectivity index (χ3v) is 2.69. The fraction of sp³-hybridized carbons (Fsp3) is 0.231. The van der Waals surface area contributed by atoms with Crippen LogP contribution in [0.2, 0.25) is 0 Å². The fourth-order valence-electron chi connectivity index (χ4n) is 1.82. The quantitative estimate of drug-likeness (QED) is 0.675. The number of benzene rings is 1. The van der Waals surface area contributed by atoms with Crippen molar-refractivity contribution in [3.63, 3.8) is 0 Å². The molecule has 4 nitrogen and oxygen atoms in total. The van der Waals surface area contributed by atoms with Gasteiger partial charge in [-0.25, -0.2) is 4.98 Å². The molecule has 0 atom stereocenters. The second-order valence-electron chi connectivity index (χ2n) is 4.31. The fourth-order valence-corrected chi connectivity index (χ4v) is 1.82. The predicted molar refractivity (Wildman–Crippen MR) is 64.8 cm³/mol. The predicted octanol–water partition coefficient (Wildman–Crippen LogP) is 3.11. The Morgan fingerprint density at radius 1 is 1.18 bits per heavy atom. The lowest BCUT2D eigenvalue weighted by molar-refractivity contribution is 0.606. The van der Waals surface area contributed by atoms with E-state index in [1.807, 2.05) is 30.3 Å². The Morgan fingerprint density at radius 3 is 2.65 bits per heavy atom. The van der Waals surface area contributed by atoms with E-state index in [2.05, 4.69) is 23.9 Å². The maximum absolute atomic E-state index is 5.78. The molecule has 0 saturated heterocycles. The van der Waals surface area contributed by atoms with Gasteiger partial charge in [-0.15, -0.1) is 5.10 Å². The van der Waals surface area contributed by atoms with Gasteiger partial charge in [0.2, 0.25) is 11.6 Å². The van der Waals surface area contributed by atoms with Gasteiger partial charge in [-0.1, -0.05) is 32.0 Å². The SMILES string of the molecule is CC(C)c1ncn2nc(-c3ccccc3)oc12. The summed E-state index contributed by atoms with van der Waals surface area (Å²) in [5.41, 5.74) is 2.66. The first-order valence-electron chi connectivity index (χ1n) is 5.65. The van der Waals surface area contributed by atoms with Gasteiger partial charge < -0.3 is 4.42 Å². The molecule has 2 heterocycles. The van der Waals surface area contributed by atoms with E-state index in [9.17, 15) is 0 Å². The number of hydrogen-bond acceptors (Lipinski definition) is 3. The van der Waals surface area contributed by atoms with Crippen LogP contribution in [-0.4, -0.2) is 14.6 Å². The minimum atomic E-state index is 0.330. The minimum absolute atomic E-state index is 0.330. The Morgan fingerprint density at radius 2 is 1.94 bits per heavy atom. The molecule has 0 amide bonds. The van der Waals surface area contributed by atoms with Crippen LogP contribution in [0.15, 0.2) is 41.1 Å². The molecule has 17 heavy (non-hydrogen) atoms. The number of nitrogens with zero attached hydrogens (tertiary/aromatic N) is 3. The van der Waals surface area contributed by atoms with Crippen molar-refractivity contribution in [2.75, 3.05) is 0 Å². The van der Waals surface area contributed by atoms with E-state index in [0.29, 0.717) is 11.8 Å². The molecule has 0 aliphatic rings. The van der Waals surface area contributed by atoms with Gasteiger partial charge in [-0.05, 0) is 12.1 Å². The average Bonchev–Trinajstić information content (AvgIpc) is 2.88. The third kappa shape index (κ3) is 1.62. The standard InChI is InChI=1S/C13H13N3O/c1-9(2)11-13-16(8-14-11)15-12(17-13)10-6-4-3-5-7-10/h3-9H,1-2H3. The molecule has 0 saturated carbocycles. The summed E-state index contributed by atoms with van der Waals surface area (Å²) in [7, 11) is 0. The molecule has 3 rings (SSSR count). The molecule has 0 unspecified atom stereocenters. The second-order valence-corrected chi connectivity index (χ2v) is 4.31. The zero-order valence-corrected chi connectivity index (χ0v) is 9.79. The van der Waals surface area contributed by atoms with Gasteiger partial charge in [0.25, 0.3) is 0 Å². The number of aromatic nitrogens is 3. The highest BCUT2D eigenvalue weighted by Crippen LogP contribution is 2.24. The van der Waals surface area contributed by atoms with Crippen LogP contribution >= 0.6 is 0 Å². The Bertz CT molecular complexity index is 637. The molecule has 0 N–H and O–H groups in total. The number of rotatable bonds is 2. The summed E-state index contributed by atoms with van der Waals surface area (Å²) in [6, 6.07) is 9.87. The van der Waals surface area contributed by atoms with E-state index < -0.39 is 0 Å². The molecule has 86 valence electrons. The van der Waals surface area contributed by atoms with Gasteiger partial charge in [0, 0.05) is 11.5 Å². The second kappa shape index (κ2) is 3.73.